The van der Waals surface area contributed by atoms with E-state index in [1.165, 1.54) is 18.2 Å². The van der Waals surface area contributed by atoms with E-state index in [-0.39, 0.29) is 12.5 Å². The Balaban J connectivity index is 1.94. The van der Waals surface area contributed by atoms with Gasteiger partial charge in [-0.15, -0.1) is 0 Å². The van der Waals surface area contributed by atoms with Crippen LogP contribution in [-0.2, 0) is 9.53 Å². The molecule has 0 radical (unpaired) electrons. The van der Waals surface area contributed by atoms with E-state index < -0.39 is 11.4 Å². The first kappa shape index (κ1) is 17.0. The van der Waals surface area contributed by atoms with Gasteiger partial charge in [-0.25, -0.2) is 0 Å². The maximum atomic E-state index is 13.0. The van der Waals surface area contributed by atoms with Crippen LogP contribution in [0, 0.1) is 0 Å². The van der Waals surface area contributed by atoms with E-state index in [1.807, 2.05) is 30.3 Å². The molecule has 1 aliphatic rings. The molecule has 1 unspecified atom stereocenters. The number of benzene rings is 1. The van der Waals surface area contributed by atoms with Crippen molar-refractivity contribution in [3.63, 3.8) is 0 Å². The lowest BCUT2D eigenvalue weighted by Crippen LogP contribution is -2.58. The third-order valence-electron chi connectivity index (χ3n) is 4.55. The van der Waals surface area contributed by atoms with Crippen LogP contribution in [0.2, 0.25) is 0 Å². The van der Waals surface area contributed by atoms with Gasteiger partial charge in [0.25, 0.3) is 5.91 Å². The molecule has 0 bridgehead atoms. The zero-order chi connectivity index (χ0) is 17.9. The molecule has 1 aromatic heterocycles. The molecule has 2 N–H and O–H groups in total. The number of aromatic nitrogens is 2. The number of nitrogens with two attached hydrogens (primary N) is 1. The SMILES string of the molecule is COCC1(C(N)=O)CCCN1C(=O)c1cnnc(-c2ccccc2)c1. The van der Waals surface area contributed by atoms with E-state index in [1.54, 1.807) is 6.07 Å². The summed E-state index contributed by atoms with van der Waals surface area (Å²) in [5.74, 6) is -0.842. The lowest BCUT2D eigenvalue weighted by atomic mass is 9.95. The van der Waals surface area contributed by atoms with Gasteiger partial charge >= 0.3 is 0 Å². The fourth-order valence-electron chi connectivity index (χ4n) is 3.28. The minimum atomic E-state index is -1.11. The topological polar surface area (TPSA) is 98.4 Å². The molecule has 0 aliphatic carbocycles. The van der Waals surface area contributed by atoms with E-state index in [2.05, 4.69) is 10.2 Å². The Morgan fingerprint density at radius 2 is 2.08 bits per heavy atom. The van der Waals surface area contributed by atoms with Crippen LogP contribution in [0.4, 0.5) is 0 Å². The second-order valence-electron chi connectivity index (χ2n) is 6.08. The van der Waals surface area contributed by atoms with Gasteiger partial charge in [0.15, 0.2) is 0 Å². The lowest BCUT2D eigenvalue weighted by molar-refractivity contribution is -0.130. The van der Waals surface area contributed by atoms with Crippen LogP contribution >= 0.6 is 0 Å². The first-order valence-corrected chi connectivity index (χ1v) is 8.07. The predicted molar refractivity (Wildman–Crippen MR) is 91.5 cm³/mol. The largest absolute Gasteiger partial charge is 0.382 e. The van der Waals surface area contributed by atoms with Crippen molar-refractivity contribution in [3.05, 3.63) is 48.2 Å². The molecule has 2 aromatic rings. The van der Waals surface area contributed by atoms with E-state index in [0.29, 0.717) is 30.6 Å². The number of ether oxygens (including phenoxy) is 1. The van der Waals surface area contributed by atoms with Crippen molar-refractivity contribution < 1.29 is 14.3 Å². The van der Waals surface area contributed by atoms with Gasteiger partial charge in [0.2, 0.25) is 5.91 Å². The third kappa shape index (κ3) is 3.10. The van der Waals surface area contributed by atoms with Gasteiger partial charge in [-0.2, -0.15) is 10.2 Å². The van der Waals surface area contributed by atoms with Crippen LogP contribution in [-0.4, -0.2) is 52.7 Å². The summed E-state index contributed by atoms with van der Waals surface area (Å²) in [6, 6.07) is 11.2. The Hall–Kier alpha value is -2.80. The number of rotatable bonds is 5. The standard InChI is InChI=1S/C18H20N4O3/c1-25-12-18(17(19)24)8-5-9-22(18)16(23)14-10-15(21-20-11-14)13-6-3-2-4-7-13/h2-4,6-7,10-11H,5,8-9,12H2,1H3,(H2,19,24). The van der Waals surface area contributed by atoms with Crippen molar-refractivity contribution in [2.75, 3.05) is 20.3 Å². The summed E-state index contributed by atoms with van der Waals surface area (Å²) >= 11 is 0. The van der Waals surface area contributed by atoms with Crippen molar-refractivity contribution in [1.82, 2.24) is 15.1 Å². The maximum absolute atomic E-state index is 13.0. The molecule has 0 spiro atoms. The van der Waals surface area contributed by atoms with Gasteiger partial charge in [0.05, 0.1) is 24.1 Å². The van der Waals surface area contributed by atoms with Crippen molar-refractivity contribution >= 4 is 11.8 Å². The smallest absolute Gasteiger partial charge is 0.256 e. The van der Waals surface area contributed by atoms with Crippen LogP contribution in [0.25, 0.3) is 11.3 Å². The van der Waals surface area contributed by atoms with Crippen molar-refractivity contribution in [2.24, 2.45) is 5.73 Å². The molecule has 0 saturated carbocycles. The summed E-state index contributed by atoms with van der Waals surface area (Å²) in [4.78, 5) is 26.6. The highest BCUT2D eigenvalue weighted by Gasteiger charge is 2.48. The second kappa shape index (κ2) is 6.98. The number of carbonyl (C=O) groups excluding carboxylic acids is 2. The van der Waals surface area contributed by atoms with E-state index in [4.69, 9.17) is 10.5 Å². The molecule has 1 atom stereocenters. The predicted octanol–water partition coefficient (Wildman–Crippen LogP) is 1.25. The van der Waals surface area contributed by atoms with E-state index in [9.17, 15) is 9.59 Å². The van der Waals surface area contributed by atoms with Crippen LogP contribution in [0.1, 0.15) is 23.2 Å². The van der Waals surface area contributed by atoms with E-state index >= 15 is 0 Å². The fourth-order valence-corrected chi connectivity index (χ4v) is 3.28. The van der Waals surface area contributed by atoms with Crippen LogP contribution in [0.3, 0.4) is 0 Å². The molecule has 7 heteroatoms. The Morgan fingerprint density at radius 1 is 1.32 bits per heavy atom. The normalized spacial score (nSPS) is 19.8. The lowest BCUT2D eigenvalue weighted by Gasteiger charge is -2.35. The third-order valence-corrected chi connectivity index (χ3v) is 4.55. The molecule has 2 heterocycles. The molecule has 1 fully saturated rings. The highest BCUT2D eigenvalue weighted by molar-refractivity contribution is 5.99. The molecule has 3 rings (SSSR count). The van der Waals surface area contributed by atoms with Gasteiger partial charge in [-0.1, -0.05) is 30.3 Å². The summed E-state index contributed by atoms with van der Waals surface area (Å²) in [7, 11) is 1.49. The molecule has 7 nitrogen and oxygen atoms in total. The van der Waals surface area contributed by atoms with Gasteiger partial charge in [0.1, 0.15) is 5.54 Å². The molecule has 130 valence electrons. The number of hydrogen-bond donors (Lipinski definition) is 1. The monoisotopic (exact) mass is 340 g/mol. The number of hydrogen-bond acceptors (Lipinski definition) is 5. The Bertz CT molecular complexity index is 781. The quantitative estimate of drug-likeness (QED) is 0.883. The summed E-state index contributed by atoms with van der Waals surface area (Å²) < 4.78 is 5.18. The Morgan fingerprint density at radius 3 is 2.76 bits per heavy atom. The number of primary amides is 1. The average Bonchev–Trinajstić information content (AvgIpc) is 3.07. The summed E-state index contributed by atoms with van der Waals surface area (Å²) in [5, 5.41) is 8.04. The molecule has 2 amide bonds. The van der Waals surface area contributed by atoms with Crippen LogP contribution in [0.15, 0.2) is 42.6 Å². The van der Waals surface area contributed by atoms with Gasteiger partial charge in [-0.3, -0.25) is 9.59 Å². The van der Waals surface area contributed by atoms with Crippen LogP contribution in [0.5, 0.6) is 0 Å². The van der Waals surface area contributed by atoms with Crippen LogP contribution < -0.4 is 5.73 Å². The van der Waals surface area contributed by atoms with Gasteiger partial charge in [0, 0.05) is 19.2 Å². The first-order valence-electron chi connectivity index (χ1n) is 8.07. The van der Waals surface area contributed by atoms with Crippen molar-refractivity contribution in [3.8, 4) is 11.3 Å². The molecule has 25 heavy (non-hydrogen) atoms. The maximum Gasteiger partial charge on any atom is 0.256 e. The number of methoxy groups -OCH3 is 1. The van der Waals surface area contributed by atoms with Crippen molar-refractivity contribution in [1.29, 1.82) is 0 Å². The zero-order valence-electron chi connectivity index (χ0n) is 14.0. The number of nitrogens with zero attached hydrogens (tertiary/aromatic N) is 3. The average molecular weight is 340 g/mol. The summed E-state index contributed by atoms with van der Waals surface area (Å²) in [6.07, 6.45) is 2.60. The number of likely N-dealkylation sites (tertiary alicyclic amines) is 1. The zero-order valence-corrected chi connectivity index (χ0v) is 14.0. The molecular weight excluding hydrogens is 320 g/mol. The number of amides is 2. The minimum Gasteiger partial charge on any atom is -0.382 e. The van der Waals surface area contributed by atoms with Gasteiger partial charge < -0.3 is 15.4 Å². The highest BCUT2D eigenvalue weighted by atomic mass is 16.5. The minimum absolute atomic E-state index is 0.0815. The number of carbonyl (C=O) groups is 2. The fraction of sp³-hybridized carbons (Fsp3) is 0.333. The summed E-state index contributed by atoms with van der Waals surface area (Å²) in [5.41, 5.74) is 6.33. The Labute approximate surface area is 145 Å². The van der Waals surface area contributed by atoms with E-state index in [0.717, 1.165) is 5.56 Å². The highest BCUT2D eigenvalue weighted by Crippen LogP contribution is 2.31. The molecular formula is C18H20N4O3. The summed E-state index contributed by atoms with van der Waals surface area (Å²) in [6.45, 7) is 0.534. The molecule has 1 saturated heterocycles. The van der Waals surface area contributed by atoms with Crippen molar-refractivity contribution in [2.45, 2.75) is 18.4 Å². The Kier molecular flexibility index (Phi) is 4.76. The second-order valence-corrected chi connectivity index (χ2v) is 6.08. The molecule has 1 aromatic carbocycles. The molecule has 1 aliphatic heterocycles. The van der Waals surface area contributed by atoms with Gasteiger partial charge in [-0.05, 0) is 18.9 Å². The first-order chi connectivity index (χ1) is 12.1.